The van der Waals surface area contributed by atoms with Crippen molar-refractivity contribution in [3.8, 4) is 0 Å². The molecule has 1 aliphatic carbocycles. The van der Waals surface area contributed by atoms with E-state index in [9.17, 15) is 13.2 Å². The largest absolute Gasteiger partial charge is 0.355 e. The molecule has 0 aliphatic heterocycles. The van der Waals surface area contributed by atoms with Crippen molar-refractivity contribution in [2.24, 2.45) is 5.92 Å². The molecule has 5 nitrogen and oxygen atoms in total. The van der Waals surface area contributed by atoms with E-state index in [0.717, 1.165) is 12.8 Å². The number of rotatable bonds is 6. The number of benzene rings is 1. The lowest BCUT2D eigenvalue weighted by molar-refractivity contribution is -0.122. The summed E-state index contributed by atoms with van der Waals surface area (Å²) >= 11 is 9.12. The number of hydrogen-bond acceptors (Lipinski definition) is 3. The molecule has 0 unspecified atom stereocenters. The van der Waals surface area contributed by atoms with Crippen molar-refractivity contribution >= 4 is 43.5 Å². The monoisotopic (exact) mass is 380 g/mol. The van der Waals surface area contributed by atoms with Crippen molar-refractivity contribution in [3.63, 3.8) is 0 Å². The molecule has 0 saturated heterocycles. The predicted molar refractivity (Wildman–Crippen MR) is 80.1 cm³/mol. The Balaban J connectivity index is 1.88. The van der Waals surface area contributed by atoms with Crippen molar-refractivity contribution in [1.82, 2.24) is 10.0 Å². The molecule has 1 aromatic carbocycles. The maximum Gasteiger partial charge on any atom is 0.242 e. The zero-order valence-electron chi connectivity index (χ0n) is 10.5. The van der Waals surface area contributed by atoms with Gasteiger partial charge in [0.15, 0.2) is 0 Å². The normalized spacial score (nSPS) is 15.1. The Morgan fingerprint density at radius 1 is 1.35 bits per heavy atom. The second-order valence-electron chi connectivity index (χ2n) is 4.54. The Kier molecular flexibility index (Phi) is 5.06. The minimum atomic E-state index is -3.66. The zero-order chi connectivity index (χ0) is 14.8. The van der Waals surface area contributed by atoms with Gasteiger partial charge in [-0.3, -0.25) is 4.79 Å². The Bertz CT molecular complexity index is 617. The summed E-state index contributed by atoms with van der Waals surface area (Å²) in [5.41, 5.74) is 0. The Morgan fingerprint density at radius 2 is 2.05 bits per heavy atom. The molecule has 2 rings (SSSR count). The zero-order valence-corrected chi connectivity index (χ0v) is 13.7. The predicted octanol–water partition coefficient (Wildman–Crippen LogP) is 1.91. The van der Waals surface area contributed by atoms with E-state index in [-0.39, 0.29) is 34.8 Å². The van der Waals surface area contributed by atoms with Gasteiger partial charge in [-0.1, -0.05) is 27.5 Å². The van der Waals surface area contributed by atoms with Gasteiger partial charge in [-0.05, 0) is 31.0 Å². The van der Waals surface area contributed by atoms with Crippen LogP contribution in [0.2, 0.25) is 5.02 Å². The second-order valence-corrected chi connectivity index (χ2v) is 7.60. The van der Waals surface area contributed by atoms with Gasteiger partial charge in [0.1, 0.15) is 4.90 Å². The third kappa shape index (κ3) is 4.18. The van der Waals surface area contributed by atoms with Crippen LogP contribution < -0.4 is 10.0 Å². The molecule has 2 N–H and O–H groups in total. The van der Waals surface area contributed by atoms with Gasteiger partial charge in [-0.15, -0.1) is 0 Å². The number of amides is 1. The summed E-state index contributed by atoms with van der Waals surface area (Å²) in [5, 5.41) is 2.83. The molecule has 0 radical (unpaired) electrons. The topological polar surface area (TPSA) is 75.3 Å². The van der Waals surface area contributed by atoms with Gasteiger partial charge in [0, 0.05) is 23.5 Å². The van der Waals surface area contributed by atoms with Crippen LogP contribution in [0, 0.1) is 5.92 Å². The van der Waals surface area contributed by atoms with Crippen molar-refractivity contribution in [2.75, 3.05) is 13.1 Å². The number of nitrogens with one attached hydrogen (secondary N) is 2. The van der Waals surface area contributed by atoms with E-state index in [1.165, 1.54) is 12.1 Å². The molecule has 0 bridgehead atoms. The SMILES string of the molecule is O=C(NCCNS(=O)(=O)c1ccc(Br)cc1Cl)C1CC1. The highest BCUT2D eigenvalue weighted by Gasteiger charge is 2.29. The third-order valence-electron chi connectivity index (χ3n) is 2.85. The molecule has 1 fully saturated rings. The fraction of sp³-hybridized carbons (Fsp3) is 0.417. The molecule has 0 aromatic heterocycles. The van der Waals surface area contributed by atoms with Gasteiger partial charge in [0.25, 0.3) is 0 Å². The van der Waals surface area contributed by atoms with Crippen molar-refractivity contribution < 1.29 is 13.2 Å². The maximum atomic E-state index is 12.0. The van der Waals surface area contributed by atoms with Crippen LogP contribution >= 0.6 is 27.5 Å². The van der Waals surface area contributed by atoms with E-state index in [1.807, 2.05) is 0 Å². The fourth-order valence-corrected chi connectivity index (χ4v) is 3.70. The van der Waals surface area contributed by atoms with Gasteiger partial charge in [0.2, 0.25) is 15.9 Å². The molecule has 1 amide bonds. The molecular formula is C12H14BrClN2O3S. The van der Waals surface area contributed by atoms with Gasteiger partial charge >= 0.3 is 0 Å². The number of hydrogen-bond donors (Lipinski definition) is 2. The van der Waals surface area contributed by atoms with Gasteiger partial charge in [-0.25, -0.2) is 13.1 Å². The van der Waals surface area contributed by atoms with Crippen LogP contribution in [0.25, 0.3) is 0 Å². The van der Waals surface area contributed by atoms with E-state index < -0.39 is 10.0 Å². The van der Waals surface area contributed by atoms with E-state index in [4.69, 9.17) is 11.6 Å². The number of carbonyl (C=O) groups is 1. The van der Waals surface area contributed by atoms with Crippen LogP contribution in [0.1, 0.15) is 12.8 Å². The molecule has 20 heavy (non-hydrogen) atoms. The van der Waals surface area contributed by atoms with E-state index in [2.05, 4.69) is 26.0 Å². The standard InChI is InChI=1S/C12H14BrClN2O3S/c13-9-3-4-11(10(14)7-9)20(18,19)16-6-5-15-12(17)8-1-2-8/h3-4,7-8,16H,1-2,5-6H2,(H,15,17). The molecule has 1 saturated carbocycles. The first-order valence-corrected chi connectivity index (χ1v) is 8.78. The third-order valence-corrected chi connectivity index (χ3v) is 5.29. The van der Waals surface area contributed by atoms with E-state index in [0.29, 0.717) is 4.47 Å². The van der Waals surface area contributed by atoms with Crippen LogP contribution in [-0.4, -0.2) is 27.4 Å². The van der Waals surface area contributed by atoms with Crippen LogP contribution in [0.15, 0.2) is 27.6 Å². The van der Waals surface area contributed by atoms with Crippen LogP contribution in [-0.2, 0) is 14.8 Å². The molecule has 0 spiro atoms. The van der Waals surface area contributed by atoms with E-state index in [1.54, 1.807) is 6.07 Å². The summed E-state index contributed by atoms with van der Waals surface area (Å²) < 4.78 is 27.2. The molecule has 0 heterocycles. The molecular weight excluding hydrogens is 368 g/mol. The number of sulfonamides is 1. The lowest BCUT2D eigenvalue weighted by Gasteiger charge is -2.09. The number of carbonyl (C=O) groups excluding carboxylic acids is 1. The summed E-state index contributed by atoms with van der Waals surface area (Å²) in [6.45, 7) is 0.399. The molecule has 1 aromatic rings. The highest BCUT2D eigenvalue weighted by Crippen LogP contribution is 2.28. The van der Waals surface area contributed by atoms with E-state index >= 15 is 0 Å². The average molecular weight is 382 g/mol. The lowest BCUT2D eigenvalue weighted by atomic mass is 10.4. The fourth-order valence-electron chi connectivity index (χ4n) is 1.63. The van der Waals surface area contributed by atoms with Crippen molar-refractivity contribution in [1.29, 1.82) is 0 Å². The molecule has 1 aliphatic rings. The number of halogens is 2. The Labute approximate surface area is 131 Å². The second kappa shape index (κ2) is 6.43. The summed E-state index contributed by atoms with van der Waals surface area (Å²) in [7, 11) is -3.66. The quantitative estimate of drug-likeness (QED) is 0.739. The average Bonchev–Trinajstić information content (AvgIpc) is 3.18. The minimum Gasteiger partial charge on any atom is -0.355 e. The first-order valence-electron chi connectivity index (χ1n) is 6.12. The molecule has 8 heteroatoms. The summed E-state index contributed by atoms with van der Waals surface area (Å²) in [6.07, 6.45) is 1.85. The smallest absolute Gasteiger partial charge is 0.242 e. The van der Waals surface area contributed by atoms with Gasteiger partial charge in [0.05, 0.1) is 5.02 Å². The van der Waals surface area contributed by atoms with Crippen molar-refractivity contribution in [3.05, 3.63) is 27.7 Å². The van der Waals surface area contributed by atoms with Crippen molar-refractivity contribution in [2.45, 2.75) is 17.7 Å². The van der Waals surface area contributed by atoms with Gasteiger partial charge < -0.3 is 5.32 Å². The van der Waals surface area contributed by atoms with Crippen LogP contribution in [0.5, 0.6) is 0 Å². The Morgan fingerprint density at radius 3 is 2.65 bits per heavy atom. The lowest BCUT2D eigenvalue weighted by Crippen LogP contribution is -2.35. The molecule has 110 valence electrons. The van der Waals surface area contributed by atoms with Crippen LogP contribution in [0.3, 0.4) is 0 Å². The highest BCUT2D eigenvalue weighted by atomic mass is 79.9. The summed E-state index contributed by atoms with van der Waals surface area (Å²) in [4.78, 5) is 11.4. The van der Waals surface area contributed by atoms with Gasteiger partial charge in [-0.2, -0.15) is 0 Å². The van der Waals surface area contributed by atoms with Crippen LogP contribution in [0.4, 0.5) is 0 Å². The minimum absolute atomic E-state index is 0.00845. The Hall–Kier alpha value is -0.630. The summed E-state index contributed by atoms with van der Waals surface area (Å²) in [6, 6.07) is 4.55. The highest BCUT2D eigenvalue weighted by molar-refractivity contribution is 9.10. The maximum absolute atomic E-state index is 12.0. The first kappa shape index (κ1) is 15.8. The summed E-state index contributed by atoms with van der Waals surface area (Å²) in [5.74, 6) is 0.110. The molecule has 0 atom stereocenters. The first-order chi connectivity index (χ1) is 9.40.